The second-order valence-corrected chi connectivity index (χ2v) is 4.77. The van der Waals surface area contributed by atoms with Gasteiger partial charge in [-0.15, -0.1) is 0 Å². The molecule has 0 aliphatic carbocycles. The zero-order chi connectivity index (χ0) is 11.0. The molecule has 2 saturated heterocycles. The first-order chi connectivity index (χ1) is 7.84. The van der Waals surface area contributed by atoms with Gasteiger partial charge in [-0.25, -0.2) is 0 Å². The SMILES string of the molecule is NC1CN(Cc2ccccc2)C2CCOC12. The molecule has 3 rings (SSSR count). The first kappa shape index (κ1) is 10.3. The smallest absolute Gasteiger partial charge is 0.0894 e. The summed E-state index contributed by atoms with van der Waals surface area (Å²) in [5.41, 5.74) is 7.46. The van der Waals surface area contributed by atoms with Crippen molar-refractivity contribution in [1.29, 1.82) is 0 Å². The van der Waals surface area contributed by atoms with Gasteiger partial charge in [0.15, 0.2) is 0 Å². The fourth-order valence-electron chi connectivity index (χ4n) is 2.91. The molecule has 0 spiro atoms. The van der Waals surface area contributed by atoms with Crippen LogP contribution in [-0.2, 0) is 11.3 Å². The summed E-state index contributed by atoms with van der Waals surface area (Å²) in [5, 5.41) is 0. The van der Waals surface area contributed by atoms with Gasteiger partial charge >= 0.3 is 0 Å². The Morgan fingerprint density at radius 2 is 2.12 bits per heavy atom. The first-order valence-corrected chi connectivity index (χ1v) is 6.00. The number of nitrogens with two attached hydrogens (primary N) is 1. The van der Waals surface area contributed by atoms with E-state index in [1.807, 2.05) is 0 Å². The summed E-state index contributed by atoms with van der Waals surface area (Å²) in [5.74, 6) is 0. The lowest BCUT2D eigenvalue weighted by Crippen LogP contribution is -2.35. The minimum absolute atomic E-state index is 0.191. The Morgan fingerprint density at radius 3 is 2.94 bits per heavy atom. The van der Waals surface area contributed by atoms with E-state index in [2.05, 4.69) is 35.2 Å². The Hall–Kier alpha value is -0.900. The summed E-state index contributed by atoms with van der Waals surface area (Å²) in [6.45, 7) is 2.83. The molecule has 0 saturated carbocycles. The highest BCUT2D eigenvalue weighted by molar-refractivity contribution is 5.15. The lowest BCUT2D eigenvalue weighted by Gasteiger charge is -2.21. The van der Waals surface area contributed by atoms with Crippen molar-refractivity contribution in [2.45, 2.75) is 31.2 Å². The Labute approximate surface area is 96.2 Å². The van der Waals surface area contributed by atoms with Crippen LogP contribution in [-0.4, -0.2) is 36.2 Å². The summed E-state index contributed by atoms with van der Waals surface area (Å²) < 4.78 is 5.69. The lowest BCUT2D eigenvalue weighted by atomic mass is 10.1. The summed E-state index contributed by atoms with van der Waals surface area (Å²) in [6, 6.07) is 11.3. The molecule has 3 nitrogen and oxygen atoms in total. The minimum Gasteiger partial charge on any atom is -0.375 e. The van der Waals surface area contributed by atoms with Gasteiger partial charge in [-0.2, -0.15) is 0 Å². The molecule has 1 aromatic carbocycles. The van der Waals surface area contributed by atoms with E-state index in [0.717, 1.165) is 26.1 Å². The van der Waals surface area contributed by atoms with E-state index in [9.17, 15) is 0 Å². The van der Waals surface area contributed by atoms with Crippen LogP contribution in [0.5, 0.6) is 0 Å². The van der Waals surface area contributed by atoms with Gasteiger partial charge in [0.2, 0.25) is 0 Å². The third kappa shape index (κ3) is 1.75. The van der Waals surface area contributed by atoms with E-state index >= 15 is 0 Å². The number of hydrogen-bond acceptors (Lipinski definition) is 3. The van der Waals surface area contributed by atoms with E-state index in [1.165, 1.54) is 5.56 Å². The maximum Gasteiger partial charge on any atom is 0.0894 e. The molecule has 3 unspecified atom stereocenters. The highest BCUT2D eigenvalue weighted by atomic mass is 16.5. The average Bonchev–Trinajstić information content (AvgIpc) is 2.87. The molecule has 2 heterocycles. The number of likely N-dealkylation sites (tertiary alicyclic amines) is 1. The Balaban J connectivity index is 1.72. The molecule has 16 heavy (non-hydrogen) atoms. The quantitative estimate of drug-likeness (QED) is 0.804. The summed E-state index contributed by atoms with van der Waals surface area (Å²) >= 11 is 0. The van der Waals surface area contributed by atoms with Crippen LogP contribution in [0.1, 0.15) is 12.0 Å². The van der Waals surface area contributed by atoms with Crippen LogP contribution in [0, 0.1) is 0 Å². The molecule has 3 atom stereocenters. The van der Waals surface area contributed by atoms with E-state index in [1.54, 1.807) is 0 Å². The molecule has 0 amide bonds. The van der Waals surface area contributed by atoms with E-state index in [-0.39, 0.29) is 12.1 Å². The third-order valence-electron chi connectivity index (χ3n) is 3.67. The third-order valence-corrected chi connectivity index (χ3v) is 3.67. The maximum absolute atomic E-state index is 6.10. The van der Waals surface area contributed by atoms with Gasteiger partial charge in [0.05, 0.1) is 6.10 Å². The van der Waals surface area contributed by atoms with Crippen LogP contribution < -0.4 is 5.73 Å². The van der Waals surface area contributed by atoms with Crippen LogP contribution in [0.25, 0.3) is 0 Å². The molecule has 2 aliphatic heterocycles. The fourth-order valence-corrected chi connectivity index (χ4v) is 2.91. The van der Waals surface area contributed by atoms with Gasteiger partial charge in [0.25, 0.3) is 0 Å². The van der Waals surface area contributed by atoms with Crippen LogP contribution in [0.15, 0.2) is 30.3 Å². The fraction of sp³-hybridized carbons (Fsp3) is 0.538. The maximum atomic E-state index is 6.10. The Kier molecular flexibility index (Phi) is 2.67. The normalized spacial score (nSPS) is 34.2. The van der Waals surface area contributed by atoms with E-state index in [0.29, 0.717) is 6.04 Å². The van der Waals surface area contributed by atoms with Crippen LogP contribution in [0.4, 0.5) is 0 Å². The summed E-state index contributed by atoms with van der Waals surface area (Å²) in [6.07, 6.45) is 1.40. The second-order valence-electron chi connectivity index (χ2n) is 4.77. The van der Waals surface area contributed by atoms with Crippen molar-refractivity contribution in [1.82, 2.24) is 4.90 Å². The Morgan fingerprint density at radius 1 is 1.31 bits per heavy atom. The van der Waals surface area contributed by atoms with Crippen molar-refractivity contribution < 1.29 is 4.74 Å². The van der Waals surface area contributed by atoms with Gasteiger partial charge in [-0.1, -0.05) is 30.3 Å². The van der Waals surface area contributed by atoms with E-state index < -0.39 is 0 Å². The zero-order valence-corrected chi connectivity index (χ0v) is 9.38. The van der Waals surface area contributed by atoms with Gasteiger partial charge in [-0.3, -0.25) is 4.90 Å². The van der Waals surface area contributed by atoms with Crippen molar-refractivity contribution in [2.75, 3.05) is 13.2 Å². The van der Waals surface area contributed by atoms with Crippen LogP contribution in [0.3, 0.4) is 0 Å². The number of nitrogens with zero attached hydrogens (tertiary/aromatic N) is 1. The molecular weight excluding hydrogens is 200 g/mol. The predicted molar refractivity (Wildman–Crippen MR) is 63.0 cm³/mol. The molecule has 0 radical (unpaired) electrons. The van der Waals surface area contributed by atoms with Crippen molar-refractivity contribution >= 4 is 0 Å². The second kappa shape index (κ2) is 4.17. The number of ether oxygens (including phenoxy) is 1. The average molecular weight is 218 g/mol. The monoisotopic (exact) mass is 218 g/mol. The zero-order valence-electron chi connectivity index (χ0n) is 9.38. The topological polar surface area (TPSA) is 38.5 Å². The Bertz CT molecular complexity index is 354. The molecule has 86 valence electrons. The first-order valence-electron chi connectivity index (χ1n) is 6.00. The standard InChI is InChI=1S/C13H18N2O/c14-11-9-15(12-6-7-16-13(11)12)8-10-4-2-1-3-5-10/h1-5,11-13H,6-9,14H2. The van der Waals surface area contributed by atoms with Crippen molar-refractivity contribution in [3.63, 3.8) is 0 Å². The number of fused-ring (bicyclic) bond motifs is 1. The molecule has 0 bridgehead atoms. The molecule has 0 aromatic heterocycles. The van der Waals surface area contributed by atoms with Gasteiger partial charge in [0.1, 0.15) is 0 Å². The highest BCUT2D eigenvalue weighted by Gasteiger charge is 2.43. The lowest BCUT2D eigenvalue weighted by molar-refractivity contribution is 0.0951. The van der Waals surface area contributed by atoms with Gasteiger partial charge in [0, 0.05) is 31.8 Å². The summed E-state index contributed by atoms with van der Waals surface area (Å²) in [4.78, 5) is 2.47. The van der Waals surface area contributed by atoms with Crippen molar-refractivity contribution in [2.24, 2.45) is 5.73 Å². The molecule has 2 aliphatic rings. The van der Waals surface area contributed by atoms with Gasteiger partial charge in [-0.05, 0) is 12.0 Å². The van der Waals surface area contributed by atoms with Crippen LogP contribution in [0.2, 0.25) is 0 Å². The molecule has 2 N–H and O–H groups in total. The number of rotatable bonds is 2. The molecule has 2 fully saturated rings. The number of benzene rings is 1. The summed E-state index contributed by atoms with van der Waals surface area (Å²) in [7, 11) is 0. The van der Waals surface area contributed by atoms with Crippen LogP contribution >= 0.6 is 0 Å². The predicted octanol–water partition coefficient (Wildman–Crippen LogP) is 0.987. The highest BCUT2D eigenvalue weighted by Crippen LogP contribution is 2.29. The molecular formula is C13H18N2O. The minimum atomic E-state index is 0.191. The van der Waals surface area contributed by atoms with Gasteiger partial charge < -0.3 is 10.5 Å². The van der Waals surface area contributed by atoms with Crippen molar-refractivity contribution in [3.05, 3.63) is 35.9 Å². The van der Waals surface area contributed by atoms with E-state index in [4.69, 9.17) is 10.5 Å². The molecule has 3 heteroatoms. The molecule has 1 aromatic rings. The number of hydrogen-bond donors (Lipinski definition) is 1. The largest absolute Gasteiger partial charge is 0.375 e. The van der Waals surface area contributed by atoms with Crippen molar-refractivity contribution in [3.8, 4) is 0 Å².